The number of rotatable bonds is 1. The lowest BCUT2D eigenvalue weighted by Gasteiger charge is -2.02. The van der Waals surface area contributed by atoms with Gasteiger partial charge in [-0.3, -0.25) is 4.98 Å². The van der Waals surface area contributed by atoms with Gasteiger partial charge in [0.05, 0.1) is 5.02 Å². The van der Waals surface area contributed by atoms with Crippen LogP contribution in [0.5, 0.6) is 0 Å². The fraction of sp³-hybridized carbons (Fsp3) is 0. The van der Waals surface area contributed by atoms with Gasteiger partial charge < -0.3 is 15.9 Å². The van der Waals surface area contributed by atoms with Gasteiger partial charge in [-0.05, 0) is 24.3 Å². The number of benzene rings is 1. The number of aromatic nitrogens is 1. The summed E-state index contributed by atoms with van der Waals surface area (Å²) in [5.74, 6) is -0.353. The van der Waals surface area contributed by atoms with Gasteiger partial charge in [0.15, 0.2) is 5.58 Å². The third-order valence-electron chi connectivity index (χ3n) is 2.87. The number of furan rings is 1. The number of halogens is 2. The second-order valence-electron chi connectivity index (χ2n) is 4.05. The summed E-state index contributed by atoms with van der Waals surface area (Å²) in [7, 11) is 0. The molecule has 0 fully saturated rings. The van der Waals surface area contributed by atoms with Gasteiger partial charge in [0.25, 0.3) is 0 Å². The van der Waals surface area contributed by atoms with E-state index in [2.05, 4.69) is 4.98 Å². The van der Waals surface area contributed by atoms with Crippen LogP contribution in [0.1, 0.15) is 0 Å². The zero-order valence-corrected chi connectivity index (χ0v) is 10.4. The topological polar surface area (TPSA) is 78.1 Å². The number of fused-ring (bicyclic) bond motifs is 1. The number of hydrogen-bond acceptors (Lipinski definition) is 4. The number of nitrogens with two attached hydrogens (primary N) is 2. The Kier molecular flexibility index (Phi) is 2.57. The van der Waals surface area contributed by atoms with Crippen LogP contribution in [0.2, 0.25) is 5.02 Å². The number of nitrogens with zero attached hydrogens (tertiary/aromatic N) is 1. The summed E-state index contributed by atoms with van der Waals surface area (Å²) in [5.41, 5.74) is 13.4. The molecular weight excluding hydrogens is 269 g/mol. The summed E-state index contributed by atoms with van der Waals surface area (Å²) in [6.07, 6.45) is 1.58. The van der Waals surface area contributed by atoms with Crippen LogP contribution < -0.4 is 11.5 Å². The van der Waals surface area contributed by atoms with E-state index in [0.29, 0.717) is 27.9 Å². The fourth-order valence-electron chi connectivity index (χ4n) is 1.91. The van der Waals surface area contributed by atoms with Crippen molar-refractivity contribution in [1.29, 1.82) is 0 Å². The van der Waals surface area contributed by atoms with Gasteiger partial charge in [0, 0.05) is 17.1 Å². The summed E-state index contributed by atoms with van der Waals surface area (Å²) in [4.78, 5) is 4.22. The minimum atomic E-state index is -0.490. The highest BCUT2D eigenvalue weighted by Crippen LogP contribution is 2.36. The number of anilines is 2. The lowest BCUT2D eigenvalue weighted by molar-refractivity contribution is 0.628. The van der Waals surface area contributed by atoms with Crippen molar-refractivity contribution in [3.63, 3.8) is 0 Å². The lowest BCUT2D eigenvalue weighted by atomic mass is 10.1. The Balaban J connectivity index is 2.30. The Morgan fingerprint density at radius 1 is 1.21 bits per heavy atom. The maximum absolute atomic E-state index is 13.2. The Bertz CT molecular complexity index is 785. The van der Waals surface area contributed by atoms with E-state index in [0.717, 1.165) is 0 Å². The highest BCUT2D eigenvalue weighted by atomic mass is 35.5. The summed E-state index contributed by atoms with van der Waals surface area (Å²) < 4.78 is 18.6. The molecule has 0 saturated carbocycles. The van der Waals surface area contributed by atoms with Gasteiger partial charge in [-0.1, -0.05) is 11.6 Å². The zero-order valence-electron chi connectivity index (χ0n) is 9.65. The molecule has 96 valence electrons. The molecule has 2 heterocycles. The van der Waals surface area contributed by atoms with Crippen molar-refractivity contribution >= 4 is 34.1 Å². The Morgan fingerprint density at radius 3 is 2.74 bits per heavy atom. The molecule has 0 aliphatic carbocycles. The van der Waals surface area contributed by atoms with Crippen molar-refractivity contribution < 1.29 is 8.81 Å². The van der Waals surface area contributed by atoms with Crippen LogP contribution in [-0.4, -0.2) is 4.98 Å². The van der Waals surface area contributed by atoms with Crippen LogP contribution in [0.4, 0.5) is 16.0 Å². The summed E-state index contributed by atoms with van der Waals surface area (Å²) in [6, 6.07) is 6.03. The van der Waals surface area contributed by atoms with Crippen molar-refractivity contribution in [2.24, 2.45) is 0 Å². The molecular formula is C13H9ClFN3O. The molecule has 0 aliphatic rings. The first-order chi connectivity index (χ1) is 9.08. The standard InChI is InChI=1S/C13H9ClFN3O/c14-8-5-6(1-2-9(8)15)11-12-7(3-4-18-11)10(16)13(17)19-12/h1-5H,16-17H2. The SMILES string of the molecule is Nc1oc2c(-c3ccc(F)c(Cl)c3)nccc2c1N. The van der Waals surface area contributed by atoms with Crippen molar-refractivity contribution in [3.05, 3.63) is 41.3 Å². The summed E-state index contributed by atoms with van der Waals surface area (Å²) in [6.45, 7) is 0. The molecule has 3 rings (SSSR count). The molecule has 0 amide bonds. The summed E-state index contributed by atoms with van der Waals surface area (Å²) >= 11 is 5.77. The first-order valence-corrected chi connectivity index (χ1v) is 5.83. The van der Waals surface area contributed by atoms with Gasteiger partial charge >= 0.3 is 0 Å². The molecule has 6 heteroatoms. The van der Waals surface area contributed by atoms with Crippen LogP contribution in [0.25, 0.3) is 22.2 Å². The molecule has 19 heavy (non-hydrogen) atoms. The Labute approximate surface area is 112 Å². The van der Waals surface area contributed by atoms with E-state index in [4.69, 9.17) is 27.5 Å². The van der Waals surface area contributed by atoms with Crippen LogP contribution in [0.3, 0.4) is 0 Å². The third-order valence-corrected chi connectivity index (χ3v) is 3.15. The molecule has 0 radical (unpaired) electrons. The zero-order chi connectivity index (χ0) is 13.6. The van der Waals surface area contributed by atoms with Gasteiger partial charge in [-0.25, -0.2) is 4.39 Å². The molecule has 2 aromatic heterocycles. The van der Waals surface area contributed by atoms with Crippen LogP contribution in [0.15, 0.2) is 34.9 Å². The number of pyridine rings is 1. The molecule has 3 aromatic rings. The van der Waals surface area contributed by atoms with Crippen molar-refractivity contribution in [2.75, 3.05) is 11.5 Å². The fourth-order valence-corrected chi connectivity index (χ4v) is 2.09. The highest BCUT2D eigenvalue weighted by Gasteiger charge is 2.15. The van der Waals surface area contributed by atoms with Gasteiger partial charge in [0.1, 0.15) is 17.2 Å². The van der Waals surface area contributed by atoms with E-state index in [1.165, 1.54) is 12.1 Å². The second kappa shape index (κ2) is 4.13. The average molecular weight is 278 g/mol. The minimum absolute atomic E-state index is 0.0174. The number of nitrogen functional groups attached to an aromatic ring is 2. The normalized spacial score (nSPS) is 11.1. The summed E-state index contributed by atoms with van der Waals surface area (Å²) in [5, 5.41) is 0.687. The predicted molar refractivity (Wildman–Crippen MR) is 73.2 cm³/mol. The molecule has 0 atom stereocenters. The van der Waals surface area contributed by atoms with Crippen LogP contribution in [0, 0.1) is 5.82 Å². The average Bonchev–Trinajstić information content (AvgIpc) is 2.69. The van der Waals surface area contributed by atoms with E-state index >= 15 is 0 Å². The van der Waals surface area contributed by atoms with E-state index in [1.54, 1.807) is 18.3 Å². The largest absolute Gasteiger partial charge is 0.436 e. The molecule has 0 saturated heterocycles. The number of hydrogen-bond donors (Lipinski definition) is 2. The van der Waals surface area contributed by atoms with Crippen LogP contribution >= 0.6 is 11.6 Å². The highest BCUT2D eigenvalue weighted by molar-refractivity contribution is 6.31. The lowest BCUT2D eigenvalue weighted by Crippen LogP contribution is -1.89. The van der Waals surface area contributed by atoms with E-state index in [-0.39, 0.29) is 10.9 Å². The van der Waals surface area contributed by atoms with Gasteiger partial charge in [-0.15, -0.1) is 0 Å². The van der Waals surface area contributed by atoms with Crippen molar-refractivity contribution in [3.8, 4) is 11.3 Å². The van der Waals surface area contributed by atoms with E-state index in [1.807, 2.05) is 0 Å². The maximum atomic E-state index is 13.2. The smallest absolute Gasteiger partial charge is 0.214 e. The predicted octanol–water partition coefficient (Wildman–Crippen LogP) is 3.45. The maximum Gasteiger partial charge on any atom is 0.214 e. The minimum Gasteiger partial charge on any atom is -0.436 e. The Hall–Kier alpha value is -2.27. The van der Waals surface area contributed by atoms with E-state index < -0.39 is 5.82 Å². The second-order valence-corrected chi connectivity index (χ2v) is 4.45. The third kappa shape index (κ3) is 1.79. The first kappa shape index (κ1) is 11.8. The molecule has 0 spiro atoms. The first-order valence-electron chi connectivity index (χ1n) is 5.46. The molecule has 1 aromatic carbocycles. The van der Waals surface area contributed by atoms with Crippen molar-refractivity contribution in [1.82, 2.24) is 4.98 Å². The molecule has 0 unspecified atom stereocenters. The molecule has 0 bridgehead atoms. The monoisotopic (exact) mass is 277 g/mol. The quantitative estimate of drug-likeness (QED) is 0.714. The van der Waals surface area contributed by atoms with Gasteiger partial charge in [-0.2, -0.15) is 0 Å². The Morgan fingerprint density at radius 2 is 2.00 bits per heavy atom. The van der Waals surface area contributed by atoms with Gasteiger partial charge in [0.2, 0.25) is 5.88 Å². The van der Waals surface area contributed by atoms with E-state index in [9.17, 15) is 4.39 Å². The van der Waals surface area contributed by atoms with Crippen molar-refractivity contribution in [2.45, 2.75) is 0 Å². The molecule has 4 nitrogen and oxygen atoms in total. The molecule has 4 N–H and O–H groups in total. The molecule has 0 aliphatic heterocycles. The van der Waals surface area contributed by atoms with Crippen LogP contribution in [-0.2, 0) is 0 Å².